The maximum Gasteiger partial charge on any atom is 0.243 e. The Morgan fingerprint density at radius 3 is 2.28 bits per heavy atom. The van der Waals surface area contributed by atoms with Crippen LogP contribution < -0.4 is 11.1 Å². The summed E-state index contributed by atoms with van der Waals surface area (Å²) in [6, 6.07) is 14.2. The number of carbonyl (C=O) groups is 1. The predicted octanol–water partition coefficient (Wildman–Crippen LogP) is 3.44. The molecule has 9 nitrogen and oxygen atoms in total. The molecule has 2 heterocycles. The molecule has 2 aromatic carbocycles. The fourth-order valence-corrected chi connectivity index (χ4v) is 6.04. The molecule has 1 aliphatic rings. The third kappa shape index (κ3) is 5.11. The van der Waals surface area contributed by atoms with Gasteiger partial charge in [-0.25, -0.2) is 18.4 Å². The minimum atomic E-state index is -3.64. The first-order valence-electron chi connectivity index (χ1n) is 12.0. The second kappa shape index (κ2) is 10.7. The molecule has 0 atom stereocenters. The maximum atomic E-state index is 13.7. The zero-order valence-electron chi connectivity index (χ0n) is 20.5. The highest BCUT2D eigenvalue weighted by atomic mass is 32.2. The van der Waals surface area contributed by atoms with Crippen LogP contribution in [0.4, 0.5) is 11.6 Å². The third-order valence-corrected chi connectivity index (χ3v) is 8.70. The van der Waals surface area contributed by atoms with Gasteiger partial charge in [0.25, 0.3) is 0 Å². The highest BCUT2D eigenvalue weighted by Crippen LogP contribution is 2.37. The Bertz CT molecular complexity index is 1300. The van der Waals surface area contributed by atoms with E-state index in [0.717, 1.165) is 16.7 Å². The van der Waals surface area contributed by atoms with E-state index in [-0.39, 0.29) is 16.8 Å². The van der Waals surface area contributed by atoms with Crippen molar-refractivity contribution in [3.63, 3.8) is 0 Å². The van der Waals surface area contributed by atoms with Crippen LogP contribution in [0, 0.1) is 0 Å². The number of nitrogens with zero attached hydrogens (tertiary/aromatic N) is 3. The molecule has 0 saturated carbocycles. The van der Waals surface area contributed by atoms with Gasteiger partial charge in [-0.05, 0) is 42.2 Å². The fraction of sp³-hybridized carbons (Fsp3) is 0.346. The zero-order chi connectivity index (χ0) is 25.8. The van der Waals surface area contributed by atoms with E-state index in [1.165, 1.54) is 10.4 Å². The molecule has 0 bridgehead atoms. The summed E-state index contributed by atoms with van der Waals surface area (Å²) in [4.78, 5) is 22.0. The van der Waals surface area contributed by atoms with Crippen molar-refractivity contribution in [1.82, 2.24) is 14.3 Å². The molecule has 0 spiro atoms. The Balaban J connectivity index is 1.62. The van der Waals surface area contributed by atoms with E-state index in [0.29, 0.717) is 44.8 Å². The molecule has 36 heavy (non-hydrogen) atoms. The summed E-state index contributed by atoms with van der Waals surface area (Å²) < 4.78 is 32.9. The van der Waals surface area contributed by atoms with Crippen molar-refractivity contribution in [3.05, 3.63) is 66.5 Å². The lowest BCUT2D eigenvalue weighted by molar-refractivity contribution is -0.125. The molecule has 1 saturated heterocycles. The molecular weight excluding hydrogens is 478 g/mol. The molecule has 3 N–H and O–H groups in total. The second-order valence-electron chi connectivity index (χ2n) is 8.67. The van der Waals surface area contributed by atoms with Crippen molar-refractivity contribution >= 4 is 27.6 Å². The van der Waals surface area contributed by atoms with E-state index in [2.05, 4.69) is 15.3 Å². The monoisotopic (exact) mass is 509 g/mol. The Hall–Kier alpha value is -3.34. The number of aromatic nitrogens is 2. The maximum absolute atomic E-state index is 13.7. The van der Waals surface area contributed by atoms with Gasteiger partial charge in [-0.1, -0.05) is 44.2 Å². The van der Waals surface area contributed by atoms with Crippen molar-refractivity contribution in [2.24, 2.45) is 0 Å². The number of anilines is 2. The molecule has 1 fully saturated rings. The lowest BCUT2D eigenvalue weighted by Crippen LogP contribution is -2.44. The highest BCUT2D eigenvalue weighted by Gasteiger charge is 2.42. The molecular formula is C26H31N5O4S. The first-order chi connectivity index (χ1) is 17.3. The van der Waals surface area contributed by atoms with Crippen molar-refractivity contribution in [1.29, 1.82) is 0 Å². The summed E-state index contributed by atoms with van der Waals surface area (Å²) in [5.74, 6) is 0.0221. The number of hydrogen-bond acceptors (Lipinski definition) is 7. The molecule has 190 valence electrons. The number of carbonyl (C=O) groups excluding carboxylic acids is 1. The van der Waals surface area contributed by atoms with Crippen LogP contribution in [0.25, 0.3) is 11.1 Å². The number of hydrogen-bond donors (Lipinski definition) is 2. The van der Waals surface area contributed by atoms with Gasteiger partial charge in [0, 0.05) is 49.9 Å². The van der Waals surface area contributed by atoms with E-state index in [9.17, 15) is 13.2 Å². The van der Waals surface area contributed by atoms with Gasteiger partial charge >= 0.3 is 0 Å². The number of sulfonamides is 1. The van der Waals surface area contributed by atoms with E-state index >= 15 is 0 Å². The number of benzene rings is 2. The molecule has 0 radical (unpaired) electrons. The van der Waals surface area contributed by atoms with Crippen LogP contribution in [0.5, 0.6) is 0 Å². The molecule has 1 aromatic heterocycles. The molecule has 0 aliphatic carbocycles. The number of nitrogens with two attached hydrogens (primary N) is 1. The zero-order valence-corrected chi connectivity index (χ0v) is 21.3. The van der Waals surface area contributed by atoms with E-state index in [1.807, 2.05) is 24.3 Å². The Morgan fingerprint density at radius 2 is 1.67 bits per heavy atom. The summed E-state index contributed by atoms with van der Waals surface area (Å²) in [6.07, 6.45) is 4.35. The van der Waals surface area contributed by atoms with E-state index in [4.69, 9.17) is 10.5 Å². The predicted molar refractivity (Wildman–Crippen MR) is 139 cm³/mol. The Morgan fingerprint density at radius 1 is 1.03 bits per heavy atom. The van der Waals surface area contributed by atoms with E-state index in [1.54, 1.807) is 44.4 Å². The molecule has 0 unspecified atom stereocenters. The molecule has 3 aromatic rings. The number of rotatable bonds is 8. The first-order valence-corrected chi connectivity index (χ1v) is 13.4. The third-order valence-electron chi connectivity index (χ3n) is 6.66. The molecule has 10 heteroatoms. The van der Waals surface area contributed by atoms with Gasteiger partial charge in [0.1, 0.15) is 0 Å². The average molecular weight is 510 g/mol. The van der Waals surface area contributed by atoms with Gasteiger partial charge in [0.15, 0.2) is 0 Å². The summed E-state index contributed by atoms with van der Waals surface area (Å²) in [5, 5.41) is 2.98. The number of ether oxygens (including phenoxy) is 1. The number of amides is 1. The van der Waals surface area contributed by atoms with Crippen LogP contribution in [0.3, 0.4) is 0 Å². The SMILES string of the molecule is CCN(CC)S(=O)(=O)c1cccc(NC(=O)C2(c3ccc(-c4cnc(N)nc4)cc3)CCOCC2)c1. The van der Waals surface area contributed by atoms with E-state index < -0.39 is 15.4 Å². The lowest BCUT2D eigenvalue weighted by Gasteiger charge is -2.36. The van der Waals surface area contributed by atoms with Crippen LogP contribution in [-0.4, -0.2) is 54.9 Å². The van der Waals surface area contributed by atoms with Gasteiger partial charge in [-0.15, -0.1) is 0 Å². The van der Waals surface area contributed by atoms with Gasteiger partial charge in [0.05, 0.1) is 10.3 Å². The standard InChI is InChI=1S/C26H31N5O4S/c1-3-31(4-2)36(33,34)23-7-5-6-22(16-23)30-24(32)26(12-14-35-15-13-26)21-10-8-19(9-11-21)20-17-28-25(27)29-18-20/h5-11,16-18H,3-4,12-15H2,1-2H3,(H,30,32)(H2,27,28,29). The normalized spacial score (nSPS) is 15.5. The van der Waals surface area contributed by atoms with Crippen molar-refractivity contribution in [2.45, 2.75) is 37.0 Å². The van der Waals surface area contributed by atoms with Crippen LogP contribution >= 0.6 is 0 Å². The summed E-state index contributed by atoms with van der Waals surface area (Å²) >= 11 is 0. The molecule has 1 amide bonds. The first kappa shape index (κ1) is 25.7. The number of nitrogens with one attached hydrogen (secondary N) is 1. The summed E-state index contributed by atoms with van der Waals surface area (Å²) in [5.41, 5.74) is 7.83. The minimum absolute atomic E-state index is 0.153. The van der Waals surface area contributed by atoms with Gasteiger partial charge in [-0.2, -0.15) is 4.31 Å². The Labute approximate surface area is 211 Å². The van der Waals surface area contributed by atoms with Crippen molar-refractivity contribution in [3.8, 4) is 11.1 Å². The highest BCUT2D eigenvalue weighted by molar-refractivity contribution is 7.89. The summed E-state index contributed by atoms with van der Waals surface area (Å²) in [7, 11) is -3.64. The fourth-order valence-electron chi connectivity index (χ4n) is 4.53. The minimum Gasteiger partial charge on any atom is -0.381 e. The van der Waals surface area contributed by atoms with Crippen LogP contribution in [0.2, 0.25) is 0 Å². The molecule has 4 rings (SSSR count). The van der Waals surface area contributed by atoms with Crippen molar-refractivity contribution in [2.75, 3.05) is 37.4 Å². The van der Waals surface area contributed by atoms with Crippen LogP contribution in [-0.2, 0) is 25.0 Å². The summed E-state index contributed by atoms with van der Waals surface area (Å²) in [6.45, 7) is 5.25. The largest absolute Gasteiger partial charge is 0.381 e. The van der Waals surface area contributed by atoms with Gasteiger partial charge in [0.2, 0.25) is 21.9 Å². The Kier molecular flexibility index (Phi) is 7.67. The average Bonchev–Trinajstić information content (AvgIpc) is 2.90. The topological polar surface area (TPSA) is 128 Å². The lowest BCUT2D eigenvalue weighted by atomic mass is 9.73. The van der Waals surface area contributed by atoms with Crippen molar-refractivity contribution < 1.29 is 17.9 Å². The van der Waals surface area contributed by atoms with Crippen LogP contribution in [0.1, 0.15) is 32.3 Å². The van der Waals surface area contributed by atoms with Gasteiger partial charge < -0.3 is 15.8 Å². The molecule has 1 aliphatic heterocycles. The van der Waals surface area contributed by atoms with Crippen LogP contribution in [0.15, 0.2) is 65.8 Å². The number of nitrogen functional groups attached to an aromatic ring is 1. The smallest absolute Gasteiger partial charge is 0.243 e. The quantitative estimate of drug-likeness (QED) is 0.476. The van der Waals surface area contributed by atoms with Gasteiger partial charge in [-0.3, -0.25) is 4.79 Å². The second-order valence-corrected chi connectivity index (χ2v) is 10.6.